The summed E-state index contributed by atoms with van der Waals surface area (Å²) in [6.07, 6.45) is 2.24. The molecule has 0 radical (unpaired) electrons. The molecule has 25 heavy (non-hydrogen) atoms. The van der Waals surface area contributed by atoms with Crippen LogP contribution >= 0.6 is 11.8 Å². The molecule has 0 N–H and O–H groups in total. The van der Waals surface area contributed by atoms with Crippen LogP contribution in [-0.2, 0) is 5.41 Å². The highest BCUT2D eigenvalue weighted by Gasteiger charge is 2.61. The quantitative estimate of drug-likeness (QED) is 0.607. The molecule has 2 bridgehead atoms. The number of rotatable bonds is 4. The zero-order valence-electron chi connectivity index (χ0n) is 14.5. The normalized spacial score (nSPS) is 25.8. The highest BCUT2D eigenvalue weighted by Crippen LogP contribution is 2.66. The van der Waals surface area contributed by atoms with Gasteiger partial charge in [-0.1, -0.05) is 44.7 Å². The molecule has 0 saturated heterocycles. The lowest BCUT2D eigenvalue weighted by Gasteiger charge is -2.33. The molecule has 0 amide bonds. The van der Waals surface area contributed by atoms with Crippen molar-refractivity contribution < 1.29 is 9.18 Å². The molecule has 2 aliphatic rings. The van der Waals surface area contributed by atoms with Crippen LogP contribution in [0.25, 0.3) is 0 Å². The van der Waals surface area contributed by atoms with Gasteiger partial charge < -0.3 is 0 Å². The van der Waals surface area contributed by atoms with Gasteiger partial charge in [0.05, 0.1) is 22.7 Å². The van der Waals surface area contributed by atoms with Crippen LogP contribution in [0, 0.1) is 11.2 Å². The number of carbonyl (C=O) groups is 1. The maximum absolute atomic E-state index is 13.7. The summed E-state index contributed by atoms with van der Waals surface area (Å²) in [5, 5.41) is 9.14. The van der Waals surface area contributed by atoms with Crippen molar-refractivity contribution in [3.05, 3.63) is 47.0 Å². The smallest absolute Gasteiger partial charge is 0.209 e. The fourth-order valence-corrected chi connectivity index (χ4v) is 4.99. The molecule has 2 atom stereocenters. The Morgan fingerprint density at radius 1 is 1.28 bits per heavy atom. The van der Waals surface area contributed by atoms with Crippen LogP contribution in [0.2, 0.25) is 0 Å². The first-order chi connectivity index (χ1) is 11.8. The number of halogens is 1. The van der Waals surface area contributed by atoms with E-state index in [1.807, 2.05) is 0 Å². The summed E-state index contributed by atoms with van der Waals surface area (Å²) >= 11 is 1.22. The van der Waals surface area contributed by atoms with Crippen LogP contribution in [-0.4, -0.2) is 26.7 Å². The molecule has 6 heteroatoms. The lowest BCUT2D eigenvalue weighted by Crippen LogP contribution is -2.32. The average molecular weight is 357 g/mol. The number of Topliss-reactive ketones (excluding diaryl/α,β-unsaturated/α-hetero) is 1. The number of fused-ring (bicyclic) bond motifs is 5. The molecule has 0 aliphatic heterocycles. The maximum Gasteiger partial charge on any atom is 0.209 e. The number of carbonyl (C=O) groups excluding carboxylic acids is 1. The van der Waals surface area contributed by atoms with Crippen molar-refractivity contribution in [2.45, 2.75) is 50.1 Å². The topological polar surface area (TPSA) is 55.7 Å². The third kappa shape index (κ3) is 2.34. The molecule has 1 heterocycles. The van der Waals surface area contributed by atoms with E-state index in [9.17, 15) is 9.18 Å². The second kappa shape index (κ2) is 5.59. The molecule has 4 rings (SSSR count). The number of thioether (sulfide) groups is 1. The van der Waals surface area contributed by atoms with Crippen molar-refractivity contribution in [3.8, 4) is 0 Å². The number of ketones is 1. The van der Waals surface area contributed by atoms with Gasteiger partial charge >= 0.3 is 0 Å². The van der Waals surface area contributed by atoms with Crippen molar-refractivity contribution in [1.29, 1.82) is 0 Å². The van der Waals surface area contributed by atoms with Crippen LogP contribution in [0.5, 0.6) is 0 Å². The SMILES string of the molecule is CC1(C)[C@@H]2CC[C@@]1(C)c1nc(SCC(=O)c3ccccc3F)nnc12. The lowest BCUT2D eigenvalue weighted by atomic mass is 9.70. The molecule has 0 spiro atoms. The van der Waals surface area contributed by atoms with E-state index in [2.05, 4.69) is 31.0 Å². The minimum Gasteiger partial charge on any atom is -0.293 e. The third-order valence-electron chi connectivity index (χ3n) is 6.28. The molecular formula is C19H20FN3OS. The van der Waals surface area contributed by atoms with E-state index in [1.165, 1.54) is 23.9 Å². The first kappa shape index (κ1) is 16.6. The van der Waals surface area contributed by atoms with Gasteiger partial charge in [0.2, 0.25) is 5.16 Å². The van der Waals surface area contributed by atoms with Crippen LogP contribution < -0.4 is 0 Å². The predicted octanol–water partition coefficient (Wildman–Crippen LogP) is 4.16. The van der Waals surface area contributed by atoms with Gasteiger partial charge in [0.15, 0.2) is 5.78 Å². The van der Waals surface area contributed by atoms with Crippen molar-refractivity contribution in [2.24, 2.45) is 5.41 Å². The molecule has 1 aromatic heterocycles. The fraction of sp³-hybridized carbons (Fsp3) is 0.474. The maximum atomic E-state index is 13.7. The van der Waals surface area contributed by atoms with Gasteiger partial charge in [0.1, 0.15) is 5.82 Å². The molecular weight excluding hydrogens is 337 g/mol. The Kier molecular flexibility index (Phi) is 3.72. The van der Waals surface area contributed by atoms with Crippen molar-refractivity contribution in [3.63, 3.8) is 0 Å². The summed E-state index contributed by atoms with van der Waals surface area (Å²) < 4.78 is 13.7. The summed E-state index contributed by atoms with van der Waals surface area (Å²) in [7, 11) is 0. The monoisotopic (exact) mass is 357 g/mol. The van der Waals surface area contributed by atoms with Gasteiger partial charge in [-0.15, -0.1) is 5.10 Å². The zero-order valence-corrected chi connectivity index (χ0v) is 15.4. The summed E-state index contributed by atoms with van der Waals surface area (Å²) in [4.78, 5) is 17.0. The second-order valence-electron chi connectivity index (χ2n) is 7.66. The second-order valence-corrected chi connectivity index (χ2v) is 8.61. The molecule has 2 aliphatic carbocycles. The summed E-state index contributed by atoms with van der Waals surface area (Å²) in [5.41, 5.74) is 2.29. The van der Waals surface area contributed by atoms with E-state index in [0.29, 0.717) is 11.1 Å². The van der Waals surface area contributed by atoms with E-state index in [-0.39, 0.29) is 27.9 Å². The molecule has 1 saturated carbocycles. The van der Waals surface area contributed by atoms with Gasteiger partial charge in [-0.2, -0.15) is 5.10 Å². The minimum absolute atomic E-state index is 0.00774. The Bertz CT molecular complexity index is 869. The number of nitrogens with zero attached hydrogens (tertiary/aromatic N) is 3. The molecule has 2 aromatic rings. The standard InChI is InChI=1S/C19H20FN3OS/c1-18(2)12-8-9-19(18,3)16-15(12)22-23-17(21-16)25-10-14(24)11-6-4-5-7-13(11)20/h4-7,12H,8-10H2,1-3H3/t12-,19+/m1/s1. The number of aromatic nitrogens is 3. The van der Waals surface area contributed by atoms with Crippen LogP contribution in [0.3, 0.4) is 0 Å². The number of benzene rings is 1. The first-order valence-corrected chi connectivity index (χ1v) is 9.49. The molecule has 1 aromatic carbocycles. The zero-order chi connectivity index (χ0) is 17.8. The van der Waals surface area contributed by atoms with Crippen LogP contribution in [0.1, 0.15) is 61.3 Å². The highest BCUT2D eigenvalue weighted by molar-refractivity contribution is 7.99. The predicted molar refractivity (Wildman–Crippen MR) is 94.4 cm³/mol. The number of hydrogen-bond donors (Lipinski definition) is 0. The van der Waals surface area contributed by atoms with Crippen molar-refractivity contribution >= 4 is 17.5 Å². The van der Waals surface area contributed by atoms with Crippen molar-refractivity contribution in [2.75, 3.05) is 5.75 Å². The Morgan fingerprint density at radius 2 is 2.04 bits per heavy atom. The molecule has 130 valence electrons. The largest absolute Gasteiger partial charge is 0.293 e. The Hall–Kier alpha value is -1.82. The van der Waals surface area contributed by atoms with Crippen LogP contribution in [0.15, 0.2) is 29.4 Å². The Balaban J connectivity index is 1.55. The Labute approximate surface area is 150 Å². The van der Waals surface area contributed by atoms with Gasteiger partial charge in [0.25, 0.3) is 0 Å². The van der Waals surface area contributed by atoms with Crippen molar-refractivity contribution in [1.82, 2.24) is 15.2 Å². The lowest BCUT2D eigenvalue weighted by molar-refractivity contribution is 0.101. The molecule has 0 unspecified atom stereocenters. The molecule has 1 fully saturated rings. The fourth-order valence-electron chi connectivity index (χ4n) is 4.32. The summed E-state index contributed by atoms with van der Waals surface area (Å²) in [5.74, 6) is -0.246. The summed E-state index contributed by atoms with van der Waals surface area (Å²) in [6.45, 7) is 6.82. The highest BCUT2D eigenvalue weighted by atomic mass is 32.2. The number of hydrogen-bond acceptors (Lipinski definition) is 5. The third-order valence-corrected chi connectivity index (χ3v) is 7.12. The first-order valence-electron chi connectivity index (χ1n) is 8.50. The van der Waals surface area contributed by atoms with E-state index in [4.69, 9.17) is 4.98 Å². The van der Waals surface area contributed by atoms with Crippen LogP contribution in [0.4, 0.5) is 4.39 Å². The van der Waals surface area contributed by atoms with E-state index >= 15 is 0 Å². The minimum atomic E-state index is -0.493. The van der Waals surface area contributed by atoms with Gasteiger partial charge in [-0.25, -0.2) is 9.37 Å². The summed E-state index contributed by atoms with van der Waals surface area (Å²) in [6, 6.07) is 6.03. The Morgan fingerprint density at radius 3 is 2.80 bits per heavy atom. The van der Waals surface area contributed by atoms with Gasteiger partial charge in [-0.05, 0) is 30.4 Å². The van der Waals surface area contributed by atoms with E-state index in [1.54, 1.807) is 12.1 Å². The van der Waals surface area contributed by atoms with E-state index in [0.717, 1.165) is 24.2 Å². The van der Waals surface area contributed by atoms with E-state index < -0.39 is 5.82 Å². The average Bonchev–Trinajstić information content (AvgIpc) is 2.92. The van der Waals surface area contributed by atoms with Gasteiger partial charge in [0, 0.05) is 11.3 Å². The van der Waals surface area contributed by atoms with Gasteiger partial charge in [-0.3, -0.25) is 4.79 Å². The molecule has 4 nitrogen and oxygen atoms in total.